The first-order chi connectivity index (χ1) is 7.88. The summed E-state index contributed by atoms with van der Waals surface area (Å²) < 4.78 is 38.9. The number of anilines is 1. The molecule has 0 amide bonds. The number of nitrogens with one attached hydrogen (secondary N) is 1. The van der Waals surface area contributed by atoms with Crippen LogP contribution >= 0.6 is 15.9 Å². The van der Waals surface area contributed by atoms with Crippen molar-refractivity contribution < 1.29 is 13.2 Å². The summed E-state index contributed by atoms with van der Waals surface area (Å²) in [5.74, 6) is 0.514. The average Bonchev–Trinajstić information content (AvgIpc) is 3.02. The number of alkyl halides is 3. The van der Waals surface area contributed by atoms with Crippen LogP contribution in [0.3, 0.4) is 0 Å². The summed E-state index contributed by atoms with van der Waals surface area (Å²) in [5.41, 5.74) is -0.445. The minimum absolute atomic E-state index is 0.0947. The number of hydrogen-bond donors (Lipinski definition) is 1. The zero-order valence-corrected chi connectivity index (χ0v) is 10.9. The van der Waals surface area contributed by atoms with Crippen molar-refractivity contribution in [3.8, 4) is 0 Å². The van der Waals surface area contributed by atoms with Gasteiger partial charge in [0.25, 0.3) is 0 Å². The molecule has 1 unspecified atom stereocenters. The van der Waals surface area contributed by atoms with E-state index in [-0.39, 0.29) is 11.7 Å². The molecule has 94 valence electrons. The van der Waals surface area contributed by atoms with E-state index in [0.717, 1.165) is 18.9 Å². The molecule has 1 aliphatic carbocycles. The van der Waals surface area contributed by atoms with Crippen LogP contribution in [-0.4, -0.2) is 6.04 Å². The molecule has 1 atom stereocenters. The van der Waals surface area contributed by atoms with Crippen molar-refractivity contribution in [2.75, 3.05) is 5.32 Å². The fourth-order valence-electron chi connectivity index (χ4n) is 1.84. The third kappa shape index (κ3) is 3.15. The zero-order valence-electron chi connectivity index (χ0n) is 9.31. The van der Waals surface area contributed by atoms with Crippen molar-refractivity contribution >= 4 is 21.6 Å². The Morgan fingerprint density at radius 1 is 1.35 bits per heavy atom. The predicted octanol–water partition coefficient (Wildman–Crippen LogP) is 4.68. The Labute approximate surface area is 107 Å². The molecule has 0 heterocycles. The molecule has 1 aromatic rings. The maximum atomic E-state index is 12.8. The fourth-order valence-corrected chi connectivity index (χ4v) is 2.20. The summed E-state index contributed by atoms with van der Waals surface area (Å²) in [6, 6.07) is 4.31. The SMILES string of the molecule is CC(Nc1ccc(Br)cc1C(F)(F)F)C1CC1. The first-order valence-corrected chi connectivity index (χ1v) is 6.30. The maximum absolute atomic E-state index is 12.8. The second-order valence-corrected chi connectivity index (χ2v) is 5.37. The van der Waals surface area contributed by atoms with Gasteiger partial charge in [0.15, 0.2) is 0 Å². The van der Waals surface area contributed by atoms with Gasteiger partial charge in [-0.1, -0.05) is 15.9 Å². The van der Waals surface area contributed by atoms with E-state index in [0.29, 0.717) is 10.4 Å². The normalized spacial score (nSPS) is 17.9. The van der Waals surface area contributed by atoms with Crippen molar-refractivity contribution in [1.29, 1.82) is 0 Å². The number of halogens is 4. The first-order valence-electron chi connectivity index (χ1n) is 5.51. The molecule has 1 aromatic carbocycles. The molecule has 0 spiro atoms. The van der Waals surface area contributed by atoms with Crippen molar-refractivity contribution in [1.82, 2.24) is 0 Å². The van der Waals surface area contributed by atoms with Crippen LogP contribution in [0.15, 0.2) is 22.7 Å². The minimum atomic E-state index is -4.32. The van der Waals surface area contributed by atoms with Gasteiger partial charge in [0.1, 0.15) is 0 Å². The molecule has 0 radical (unpaired) electrons. The lowest BCUT2D eigenvalue weighted by molar-refractivity contribution is -0.137. The lowest BCUT2D eigenvalue weighted by atomic mass is 10.1. The Morgan fingerprint density at radius 3 is 2.53 bits per heavy atom. The quantitative estimate of drug-likeness (QED) is 0.855. The lowest BCUT2D eigenvalue weighted by Crippen LogP contribution is -2.20. The highest BCUT2D eigenvalue weighted by Crippen LogP contribution is 2.39. The Kier molecular flexibility index (Phi) is 3.39. The average molecular weight is 308 g/mol. The van der Waals surface area contributed by atoms with Gasteiger partial charge < -0.3 is 5.32 Å². The third-order valence-corrected chi connectivity index (χ3v) is 3.49. The van der Waals surface area contributed by atoms with E-state index < -0.39 is 11.7 Å². The Balaban J connectivity index is 2.25. The molecule has 2 rings (SSSR count). The summed E-state index contributed by atoms with van der Waals surface area (Å²) in [7, 11) is 0. The lowest BCUT2D eigenvalue weighted by Gasteiger charge is -2.19. The highest BCUT2D eigenvalue weighted by molar-refractivity contribution is 9.10. The number of benzene rings is 1. The number of rotatable bonds is 3. The van der Waals surface area contributed by atoms with Gasteiger partial charge in [-0.3, -0.25) is 0 Å². The largest absolute Gasteiger partial charge is 0.418 e. The van der Waals surface area contributed by atoms with Crippen molar-refractivity contribution in [3.63, 3.8) is 0 Å². The van der Waals surface area contributed by atoms with Crippen LogP contribution in [-0.2, 0) is 6.18 Å². The molecule has 1 aliphatic rings. The standard InChI is InChI=1S/C12H13BrF3N/c1-7(8-2-3-8)17-11-5-4-9(13)6-10(11)12(14,15)16/h4-8,17H,2-3H2,1H3. The highest BCUT2D eigenvalue weighted by Gasteiger charge is 2.35. The Morgan fingerprint density at radius 2 is 2.00 bits per heavy atom. The fraction of sp³-hybridized carbons (Fsp3) is 0.500. The smallest absolute Gasteiger partial charge is 0.382 e. The molecule has 17 heavy (non-hydrogen) atoms. The minimum Gasteiger partial charge on any atom is -0.382 e. The summed E-state index contributed by atoms with van der Waals surface area (Å²) in [6.45, 7) is 1.93. The van der Waals surface area contributed by atoms with Crippen LogP contribution < -0.4 is 5.32 Å². The van der Waals surface area contributed by atoms with E-state index in [9.17, 15) is 13.2 Å². The molecule has 0 aliphatic heterocycles. The van der Waals surface area contributed by atoms with Crippen LogP contribution in [0.5, 0.6) is 0 Å². The van der Waals surface area contributed by atoms with Gasteiger partial charge >= 0.3 is 6.18 Å². The molecule has 0 bridgehead atoms. The van der Waals surface area contributed by atoms with Crippen LogP contribution in [0.25, 0.3) is 0 Å². The molecule has 1 N–H and O–H groups in total. The topological polar surface area (TPSA) is 12.0 Å². The van der Waals surface area contributed by atoms with Gasteiger partial charge in [-0.15, -0.1) is 0 Å². The van der Waals surface area contributed by atoms with Crippen molar-refractivity contribution in [2.45, 2.75) is 32.0 Å². The Bertz CT molecular complexity index is 413. The van der Waals surface area contributed by atoms with Crippen LogP contribution in [0.4, 0.5) is 18.9 Å². The summed E-state index contributed by atoms with van der Waals surface area (Å²) in [4.78, 5) is 0. The first kappa shape index (κ1) is 12.7. The second kappa shape index (κ2) is 4.52. The van der Waals surface area contributed by atoms with Crippen molar-refractivity contribution in [3.05, 3.63) is 28.2 Å². The van der Waals surface area contributed by atoms with Gasteiger partial charge in [-0.05, 0) is 43.9 Å². The molecule has 0 saturated heterocycles. The predicted molar refractivity (Wildman–Crippen MR) is 65.0 cm³/mol. The van der Waals surface area contributed by atoms with E-state index in [1.165, 1.54) is 6.07 Å². The van der Waals surface area contributed by atoms with Crippen molar-refractivity contribution in [2.24, 2.45) is 5.92 Å². The zero-order chi connectivity index (χ0) is 12.6. The molecule has 1 fully saturated rings. The third-order valence-electron chi connectivity index (χ3n) is 3.00. The highest BCUT2D eigenvalue weighted by atomic mass is 79.9. The molecule has 1 saturated carbocycles. The van der Waals surface area contributed by atoms with Gasteiger partial charge in [-0.2, -0.15) is 13.2 Å². The van der Waals surface area contributed by atoms with E-state index in [1.807, 2.05) is 6.92 Å². The van der Waals surface area contributed by atoms with Crippen LogP contribution in [0.2, 0.25) is 0 Å². The molecule has 0 aromatic heterocycles. The van der Waals surface area contributed by atoms with E-state index in [4.69, 9.17) is 0 Å². The van der Waals surface area contributed by atoms with Crippen LogP contribution in [0.1, 0.15) is 25.3 Å². The monoisotopic (exact) mass is 307 g/mol. The van der Waals surface area contributed by atoms with E-state index >= 15 is 0 Å². The molecule has 1 nitrogen and oxygen atoms in total. The van der Waals surface area contributed by atoms with E-state index in [2.05, 4.69) is 21.2 Å². The molecule has 5 heteroatoms. The van der Waals surface area contributed by atoms with Gasteiger partial charge in [0, 0.05) is 16.2 Å². The van der Waals surface area contributed by atoms with Gasteiger partial charge in [0.2, 0.25) is 0 Å². The number of hydrogen-bond acceptors (Lipinski definition) is 1. The molecular weight excluding hydrogens is 295 g/mol. The summed E-state index contributed by atoms with van der Waals surface area (Å²) >= 11 is 3.07. The van der Waals surface area contributed by atoms with Crippen LogP contribution in [0, 0.1) is 5.92 Å². The Hall–Kier alpha value is -0.710. The summed E-state index contributed by atoms with van der Waals surface area (Å²) in [5, 5.41) is 2.97. The summed E-state index contributed by atoms with van der Waals surface area (Å²) in [6.07, 6.45) is -2.12. The van der Waals surface area contributed by atoms with Gasteiger partial charge in [0.05, 0.1) is 5.56 Å². The molecular formula is C12H13BrF3N. The second-order valence-electron chi connectivity index (χ2n) is 4.46. The maximum Gasteiger partial charge on any atom is 0.418 e. The van der Waals surface area contributed by atoms with E-state index in [1.54, 1.807) is 6.07 Å². The van der Waals surface area contributed by atoms with Gasteiger partial charge in [-0.25, -0.2) is 0 Å².